The second kappa shape index (κ2) is 3.58. The van der Waals surface area contributed by atoms with Crippen LogP contribution in [0.2, 0.25) is 0 Å². The third-order valence-corrected chi connectivity index (χ3v) is 3.92. The zero-order chi connectivity index (χ0) is 13.0. The van der Waals surface area contributed by atoms with Gasteiger partial charge in [0.2, 0.25) is 5.91 Å². The number of rotatable bonds is 1. The number of amides is 1. The van der Waals surface area contributed by atoms with Gasteiger partial charge in [-0.2, -0.15) is 0 Å². The molecule has 0 saturated heterocycles. The van der Waals surface area contributed by atoms with Crippen molar-refractivity contribution in [2.75, 3.05) is 0 Å². The summed E-state index contributed by atoms with van der Waals surface area (Å²) in [4.78, 5) is 11.4. The van der Waals surface area contributed by atoms with Crippen molar-refractivity contribution in [3.05, 3.63) is 59.2 Å². The van der Waals surface area contributed by atoms with Crippen LogP contribution in [0.25, 0.3) is 27.6 Å². The maximum Gasteiger partial charge on any atom is 0.229 e. The SMILES string of the molecule is NC(=O)[C]1C=c2ccc3cccc4ccc(c2c43)C1. The maximum absolute atomic E-state index is 11.4. The molecule has 1 aliphatic rings. The van der Waals surface area contributed by atoms with Crippen molar-refractivity contribution >= 4 is 33.5 Å². The lowest BCUT2D eigenvalue weighted by Crippen LogP contribution is -2.26. The van der Waals surface area contributed by atoms with Crippen LogP contribution in [0.3, 0.4) is 0 Å². The number of hydrogen-bond acceptors (Lipinski definition) is 1. The third kappa shape index (κ3) is 1.40. The Bertz CT molecular complexity index is 863. The summed E-state index contributed by atoms with van der Waals surface area (Å²) in [5.41, 5.74) is 6.62. The molecule has 4 rings (SSSR count). The van der Waals surface area contributed by atoms with E-state index in [9.17, 15) is 4.79 Å². The zero-order valence-electron chi connectivity index (χ0n) is 10.3. The van der Waals surface area contributed by atoms with Crippen molar-refractivity contribution in [1.82, 2.24) is 0 Å². The monoisotopic (exact) mass is 246 g/mol. The molecule has 1 radical (unpaired) electrons. The molecule has 0 aliphatic heterocycles. The average molecular weight is 246 g/mol. The van der Waals surface area contributed by atoms with Crippen LogP contribution in [-0.2, 0) is 11.2 Å². The second-order valence-electron chi connectivity index (χ2n) is 5.04. The summed E-state index contributed by atoms with van der Waals surface area (Å²) < 4.78 is 0. The summed E-state index contributed by atoms with van der Waals surface area (Å²) in [6.07, 6.45) is 2.56. The van der Waals surface area contributed by atoms with E-state index in [0.717, 1.165) is 5.22 Å². The van der Waals surface area contributed by atoms with Gasteiger partial charge in [0.1, 0.15) is 0 Å². The van der Waals surface area contributed by atoms with E-state index in [0.29, 0.717) is 12.3 Å². The van der Waals surface area contributed by atoms with Gasteiger partial charge < -0.3 is 5.73 Å². The van der Waals surface area contributed by atoms with Crippen molar-refractivity contribution in [3.8, 4) is 0 Å². The number of carbonyl (C=O) groups is 1. The molecule has 0 fully saturated rings. The number of benzene rings is 3. The van der Waals surface area contributed by atoms with Crippen molar-refractivity contribution in [1.29, 1.82) is 0 Å². The van der Waals surface area contributed by atoms with Gasteiger partial charge in [-0.3, -0.25) is 4.79 Å². The van der Waals surface area contributed by atoms with E-state index in [1.54, 1.807) is 0 Å². The van der Waals surface area contributed by atoms with Crippen molar-refractivity contribution in [2.45, 2.75) is 6.42 Å². The predicted molar refractivity (Wildman–Crippen MR) is 77.3 cm³/mol. The molecule has 2 heteroatoms. The zero-order valence-corrected chi connectivity index (χ0v) is 10.3. The Morgan fingerprint density at radius 3 is 2.42 bits per heavy atom. The summed E-state index contributed by atoms with van der Waals surface area (Å²) in [5.74, 6) is 0.358. The largest absolute Gasteiger partial charge is 0.369 e. The molecule has 91 valence electrons. The van der Waals surface area contributed by atoms with E-state index in [-0.39, 0.29) is 5.91 Å². The molecule has 0 heterocycles. The Morgan fingerprint density at radius 1 is 0.947 bits per heavy atom. The minimum absolute atomic E-state index is 0.328. The van der Waals surface area contributed by atoms with Gasteiger partial charge in [0, 0.05) is 0 Å². The van der Waals surface area contributed by atoms with E-state index < -0.39 is 0 Å². The van der Waals surface area contributed by atoms with Gasteiger partial charge in [0.05, 0.1) is 5.92 Å². The van der Waals surface area contributed by atoms with Crippen LogP contribution < -0.4 is 11.0 Å². The van der Waals surface area contributed by atoms with E-state index >= 15 is 0 Å². The van der Waals surface area contributed by atoms with Gasteiger partial charge in [0.15, 0.2) is 0 Å². The lowest BCUT2D eigenvalue weighted by molar-refractivity contribution is -0.115. The Hall–Kier alpha value is -2.35. The Balaban J connectivity index is 2.22. The van der Waals surface area contributed by atoms with Crippen molar-refractivity contribution in [3.63, 3.8) is 0 Å². The first-order valence-electron chi connectivity index (χ1n) is 6.34. The average Bonchev–Trinajstić information content (AvgIpc) is 2.44. The molecule has 1 amide bonds. The first-order valence-corrected chi connectivity index (χ1v) is 6.34. The second-order valence-corrected chi connectivity index (χ2v) is 5.04. The molecule has 0 aromatic heterocycles. The summed E-state index contributed by atoms with van der Waals surface area (Å²) in [5, 5.41) is 6.14. The van der Waals surface area contributed by atoms with Crippen LogP contribution in [0.5, 0.6) is 0 Å². The quantitative estimate of drug-likeness (QED) is 0.702. The molecule has 0 atom stereocenters. The molecule has 0 spiro atoms. The maximum atomic E-state index is 11.4. The molecule has 3 aromatic rings. The highest BCUT2D eigenvalue weighted by Gasteiger charge is 2.21. The number of primary amides is 1. The van der Waals surface area contributed by atoms with E-state index in [2.05, 4.69) is 42.5 Å². The Kier molecular flexibility index (Phi) is 1.99. The Morgan fingerprint density at radius 2 is 1.68 bits per heavy atom. The lowest BCUT2D eigenvalue weighted by Gasteiger charge is -2.18. The standard InChI is InChI=1S/C17H12NO/c18-17(19)14-8-12-6-4-10-2-1-3-11-5-7-13(9-14)16(12)15(10)11/h1-8H,9H2,(H2,18,19). The summed E-state index contributed by atoms with van der Waals surface area (Å²) in [7, 11) is 0. The molecule has 0 bridgehead atoms. The van der Waals surface area contributed by atoms with Gasteiger partial charge >= 0.3 is 0 Å². The molecule has 2 nitrogen and oxygen atoms in total. The van der Waals surface area contributed by atoms with Crippen molar-refractivity contribution < 1.29 is 4.79 Å². The smallest absolute Gasteiger partial charge is 0.229 e. The highest BCUT2D eigenvalue weighted by molar-refractivity contribution is 6.13. The Labute approximate surface area is 110 Å². The molecular weight excluding hydrogens is 234 g/mol. The molecule has 3 aromatic carbocycles. The fourth-order valence-electron chi connectivity index (χ4n) is 3.05. The van der Waals surface area contributed by atoms with Crippen LogP contribution >= 0.6 is 0 Å². The first kappa shape index (κ1) is 10.6. The molecule has 0 saturated carbocycles. The number of carbonyl (C=O) groups excluding carboxylic acids is 1. The van der Waals surface area contributed by atoms with E-state index in [1.807, 2.05) is 6.08 Å². The topological polar surface area (TPSA) is 43.1 Å². The van der Waals surface area contributed by atoms with Gasteiger partial charge in [-0.05, 0) is 38.7 Å². The number of nitrogens with two attached hydrogens (primary N) is 1. The summed E-state index contributed by atoms with van der Waals surface area (Å²) in [6.45, 7) is 0. The minimum Gasteiger partial charge on any atom is -0.369 e. The highest BCUT2D eigenvalue weighted by Crippen LogP contribution is 2.30. The van der Waals surface area contributed by atoms with Crippen LogP contribution in [-0.4, -0.2) is 5.91 Å². The van der Waals surface area contributed by atoms with Gasteiger partial charge in [0.25, 0.3) is 0 Å². The van der Waals surface area contributed by atoms with Crippen LogP contribution in [0.1, 0.15) is 5.56 Å². The predicted octanol–water partition coefficient (Wildman–Crippen LogP) is 2.11. The minimum atomic E-state index is -0.328. The fourth-order valence-corrected chi connectivity index (χ4v) is 3.05. The van der Waals surface area contributed by atoms with Crippen LogP contribution in [0.4, 0.5) is 0 Å². The molecule has 1 aliphatic carbocycles. The molecule has 19 heavy (non-hydrogen) atoms. The normalized spacial score (nSPS) is 14.7. The van der Waals surface area contributed by atoms with E-state index in [4.69, 9.17) is 5.73 Å². The van der Waals surface area contributed by atoms with E-state index in [1.165, 1.54) is 27.1 Å². The highest BCUT2D eigenvalue weighted by atomic mass is 16.1. The van der Waals surface area contributed by atoms with Crippen LogP contribution in [0, 0.1) is 5.92 Å². The van der Waals surface area contributed by atoms with Crippen molar-refractivity contribution in [2.24, 2.45) is 5.73 Å². The molecule has 2 N–H and O–H groups in total. The van der Waals surface area contributed by atoms with Gasteiger partial charge in [-0.1, -0.05) is 48.5 Å². The number of hydrogen-bond donors (Lipinski definition) is 1. The molecule has 0 unspecified atom stereocenters. The molecular formula is C17H12NO. The third-order valence-electron chi connectivity index (χ3n) is 3.92. The van der Waals surface area contributed by atoms with Gasteiger partial charge in [-0.25, -0.2) is 0 Å². The fraction of sp³-hybridized carbons (Fsp3) is 0.0588. The van der Waals surface area contributed by atoms with Crippen LogP contribution in [0.15, 0.2) is 42.5 Å². The first-order chi connectivity index (χ1) is 9.24. The van der Waals surface area contributed by atoms with Gasteiger partial charge in [-0.15, -0.1) is 0 Å². The summed E-state index contributed by atoms with van der Waals surface area (Å²) in [6, 6.07) is 14.7. The summed E-state index contributed by atoms with van der Waals surface area (Å²) >= 11 is 0. The lowest BCUT2D eigenvalue weighted by atomic mass is 9.85.